The van der Waals surface area contributed by atoms with E-state index in [4.69, 9.17) is 14.5 Å². The highest BCUT2D eigenvalue weighted by molar-refractivity contribution is 7.99. The fourth-order valence-corrected chi connectivity index (χ4v) is 5.50. The number of amides is 2. The molecule has 1 fully saturated rings. The van der Waals surface area contributed by atoms with Crippen LogP contribution in [-0.4, -0.2) is 58.3 Å². The zero-order valence-electron chi connectivity index (χ0n) is 20.6. The summed E-state index contributed by atoms with van der Waals surface area (Å²) >= 11 is 1.32. The number of para-hydroxylation sites is 2. The molecule has 9 heteroatoms. The molecule has 2 amide bonds. The van der Waals surface area contributed by atoms with Crippen molar-refractivity contribution < 1.29 is 19.1 Å². The third kappa shape index (κ3) is 5.56. The van der Waals surface area contributed by atoms with Gasteiger partial charge < -0.3 is 24.3 Å². The van der Waals surface area contributed by atoms with Crippen LogP contribution in [0.4, 0.5) is 5.69 Å². The number of thioether (sulfide) groups is 1. The van der Waals surface area contributed by atoms with Crippen molar-refractivity contribution in [2.24, 2.45) is 0 Å². The van der Waals surface area contributed by atoms with E-state index in [1.807, 2.05) is 33.7 Å². The molecule has 2 unspecified atom stereocenters. The summed E-state index contributed by atoms with van der Waals surface area (Å²) in [4.78, 5) is 32.8. The first-order valence-electron chi connectivity index (χ1n) is 11.8. The van der Waals surface area contributed by atoms with E-state index in [0.29, 0.717) is 22.3 Å². The van der Waals surface area contributed by atoms with E-state index in [2.05, 4.69) is 19.2 Å². The van der Waals surface area contributed by atoms with Gasteiger partial charge in [-0.2, -0.15) is 0 Å². The van der Waals surface area contributed by atoms with Crippen LogP contribution >= 0.6 is 11.8 Å². The number of imidazole rings is 1. The van der Waals surface area contributed by atoms with Gasteiger partial charge in [-0.1, -0.05) is 23.9 Å². The van der Waals surface area contributed by atoms with Gasteiger partial charge in [0, 0.05) is 23.8 Å². The van der Waals surface area contributed by atoms with Crippen LogP contribution in [0.3, 0.4) is 0 Å². The third-order valence-corrected chi connectivity index (χ3v) is 7.37. The summed E-state index contributed by atoms with van der Waals surface area (Å²) in [5.74, 6) is 1.20. The van der Waals surface area contributed by atoms with Crippen LogP contribution in [0.1, 0.15) is 33.1 Å². The first-order valence-corrected chi connectivity index (χ1v) is 12.8. The molecular formula is C26H32N4O4S. The molecule has 0 saturated carbocycles. The highest BCUT2D eigenvalue weighted by atomic mass is 32.2. The predicted molar refractivity (Wildman–Crippen MR) is 138 cm³/mol. The van der Waals surface area contributed by atoms with Gasteiger partial charge in [0.25, 0.3) is 0 Å². The van der Waals surface area contributed by atoms with E-state index in [0.717, 1.165) is 30.3 Å². The zero-order valence-corrected chi connectivity index (χ0v) is 21.4. The molecule has 35 heavy (non-hydrogen) atoms. The van der Waals surface area contributed by atoms with E-state index < -0.39 is 0 Å². The van der Waals surface area contributed by atoms with Crippen LogP contribution in [0.15, 0.2) is 47.6 Å². The molecular weight excluding hydrogens is 464 g/mol. The Morgan fingerprint density at radius 3 is 2.49 bits per heavy atom. The molecule has 8 nitrogen and oxygen atoms in total. The quantitative estimate of drug-likeness (QED) is 0.460. The number of benzene rings is 2. The maximum atomic E-state index is 13.3. The number of ether oxygens (including phenoxy) is 2. The normalized spacial score (nSPS) is 17.9. The summed E-state index contributed by atoms with van der Waals surface area (Å²) in [6, 6.07) is 13.4. The smallest absolute Gasteiger partial charge is 0.243 e. The van der Waals surface area contributed by atoms with Crippen molar-refractivity contribution in [1.29, 1.82) is 0 Å². The summed E-state index contributed by atoms with van der Waals surface area (Å²) < 4.78 is 12.5. The standard InChI is InChI=1S/C26H32N4O4S/c1-17-8-7-9-18(2)30(17)25(32)15-29-21-11-6-5-10-20(21)28-26(29)35-16-24(31)27-19-12-13-22(33-3)23(14-19)34-4/h5-6,10-14,17-18H,7-9,15-16H2,1-4H3,(H,27,31). The van der Waals surface area contributed by atoms with Gasteiger partial charge in [0.1, 0.15) is 6.54 Å². The first kappa shape index (κ1) is 24.9. The molecule has 2 atom stereocenters. The average Bonchev–Trinajstić information content (AvgIpc) is 3.19. The number of anilines is 1. The van der Waals surface area contributed by atoms with E-state index in [-0.39, 0.29) is 36.2 Å². The molecule has 186 valence electrons. The van der Waals surface area contributed by atoms with Gasteiger partial charge in [0.05, 0.1) is 31.0 Å². The maximum absolute atomic E-state index is 13.3. The van der Waals surface area contributed by atoms with Crippen molar-refractivity contribution in [3.8, 4) is 11.5 Å². The minimum absolute atomic E-state index is 0.0875. The molecule has 0 spiro atoms. The molecule has 0 bridgehead atoms. The Bertz CT molecular complexity index is 1200. The Morgan fingerprint density at radius 1 is 1.06 bits per heavy atom. The number of methoxy groups -OCH3 is 2. The Morgan fingerprint density at radius 2 is 1.77 bits per heavy atom. The Labute approximate surface area is 210 Å². The number of hydrogen-bond donors (Lipinski definition) is 1. The van der Waals surface area contributed by atoms with Gasteiger partial charge in [-0.05, 0) is 57.4 Å². The van der Waals surface area contributed by atoms with Gasteiger partial charge in [0.15, 0.2) is 16.7 Å². The zero-order chi connectivity index (χ0) is 24.9. The van der Waals surface area contributed by atoms with Crippen molar-refractivity contribution >= 4 is 40.3 Å². The number of piperidine rings is 1. The van der Waals surface area contributed by atoms with Crippen LogP contribution in [0, 0.1) is 0 Å². The lowest BCUT2D eigenvalue weighted by molar-refractivity contribution is -0.138. The van der Waals surface area contributed by atoms with Crippen LogP contribution in [0.5, 0.6) is 11.5 Å². The second-order valence-corrected chi connectivity index (χ2v) is 9.75. The van der Waals surface area contributed by atoms with Gasteiger partial charge in [-0.15, -0.1) is 0 Å². The summed E-state index contributed by atoms with van der Waals surface area (Å²) in [6.45, 7) is 4.44. The van der Waals surface area contributed by atoms with Gasteiger partial charge >= 0.3 is 0 Å². The molecule has 1 saturated heterocycles. The summed E-state index contributed by atoms with van der Waals surface area (Å²) in [5, 5.41) is 3.54. The summed E-state index contributed by atoms with van der Waals surface area (Å²) in [7, 11) is 3.12. The minimum atomic E-state index is -0.176. The third-order valence-electron chi connectivity index (χ3n) is 6.39. The summed E-state index contributed by atoms with van der Waals surface area (Å²) in [6.07, 6.45) is 3.20. The van der Waals surface area contributed by atoms with E-state index in [9.17, 15) is 9.59 Å². The number of aromatic nitrogens is 2. The fraction of sp³-hybridized carbons (Fsp3) is 0.423. The molecule has 1 aliphatic heterocycles. The van der Waals surface area contributed by atoms with Crippen LogP contribution < -0.4 is 14.8 Å². The fourth-order valence-electron chi connectivity index (χ4n) is 4.69. The van der Waals surface area contributed by atoms with Crippen LogP contribution in [0.2, 0.25) is 0 Å². The minimum Gasteiger partial charge on any atom is -0.493 e. The first-order chi connectivity index (χ1) is 16.9. The lowest BCUT2D eigenvalue weighted by Gasteiger charge is -2.39. The van der Waals surface area contributed by atoms with Crippen molar-refractivity contribution in [3.05, 3.63) is 42.5 Å². The van der Waals surface area contributed by atoms with Crippen molar-refractivity contribution in [1.82, 2.24) is 14.5 Å². The number of fused-ring (bicyclic) bond motifs is 1. The number of carbonyl (C=O) groups excluding carboxylic acids is 2. The molecule has 4 rings (SSSR count). The lowest BCUT2D eigenvalue weighted by Crippen LogP contribution is -2.48. The molecule has 1 aromatic heterocycles. The molecule has 2 aromatic carbocycles. The molecule has 0 radical (unpaired) electrons. The number of nitrogens with zero attached hydrogens (tertiary/aromatic N) is 3. The molecule has 1 aliphatic rings. The number of hydrogen-bond acceptors (Lipinski definition) is 6. The predicted octanol–water partition coefficient (Wildman–Crippen LogP) is 4.57. The number of rotatable bonds is 8. The second-order valence-electron chi connectivity index (χ2n) is 8.81. The SMILES string of the molecule is COc1ccc(NC(=O)CSc2nc3ccccc3n2CC(=O)N2C(C)CCCC2C)cc1OC. The van der Waals surface area contributed by atoms with E-state index in [1.54, 1.807) is 32.4 Å². The Hall–Kier alpha value is -3.20. The number of nitrogens with one attached hydrogen (secondary N) is 1. The molecule has 2 heterocycles. The monoisotopic (exact) mass is 496 g/mol. The van der Waals surface area contributed by atoms with Crippen molar-refractivity contribution in [2.75, 3.05) is 25.3 Å². The summed E-state index contributed by atoms with van der Waals surface area (Å²) in [5.41, 5.74) is 2.31. The van der Waals surface area contributed by atoms with E-state index >= 15 is 0 Å². The van der Waals surface area contributed by atoms with Crippen LogP contribution in [-0.2, 0) is 16.1 Å². The maximum Gasteiger partial charge on any atom is 0.243 e. The molecule has 3 aromatic rings. The largest absolute Gasteiger partial charge is 0.493 e. The Kier molecular flexibility index (Phi) is 7.85. The number of carbonyl (C=O) groups is 2. The molecule has 1 N–H and O–H groups in total. The highest BCUT2D eigenvalue weighted by Crippen LogP contribution is 2.30. The Balaban J connectivity index is 1.49. The van der Waals surface area contributed by atoms with Gasteiger partial charge in [0.2, 0.25) is 11.8 Å². The van der Waals surface area contributed by atoms with Gasteiger partial charge in [-0.3, -0.25) is 9.59 Å². The second kappa shape index (κ2) is 11.0. The average molecular weight is 497 g/mol. The number of likely N-dealkylation sites (tertiary alicyclic amines) is 1. The van der Waals surface area contributed by atoms with E-state index in [1.165, 1.54) is 11.8 Å². The topological polar surface area (TPSA) is 85.7 Å². The lowest BCUT2D eigenvalue weighted by atomic mass is 9.97. The van der Waals surface area contributed by atoms with Gasteiger partial charge in [-0.25, -0.2) is 4.98 Å². The highest BCUT2D eigenvalue weighted by Gasteiger charge is 2.29. The van der Waals surface area contributed by atoms with Crippen molar-refractivity contribution in [2.45, 2.75) is 56.9 Å². The van der Waals surface area contributed by atoms with Crippen molar-refractivity contribution in [3.63, 3.8) is 0 Å². The van der Waals surface area contributed by atoms with Crippen LogP contribution in [0.25, 0.3) is 11.0 Å². The molecule has 0 aliphatic carbocycles.